The third kappa shape index (κ3) is 8.68. The van der Waals surface area contributed by atoms with Gasteiger partial charge in [-0.3, -0.25) is 0 Å². The van der Waals surface area contributed by atoms with Gasteiger partial charge in [0.15, 0.2) is 11.6 Å². The summed E-state index contributed by atoms with van der Waals surface area (Å²) in [6.45, 7) is 4.75. The molecule has 0 aromatic heterocycles. The zero-order valence-electron chi connectivity index (χ0n) is 21.7. The molecule has 1 saturated carbocycles. The van der Waals surface area contributed by atoms with E-state index in [4.69, 9.17) is 4.74 Å². The van der Waals surface area contributed by atoms with Gasteiger partial charge in [-0.25, -0.2) is 4.39 Å². The summed E-state index contributed by atoms with van der Waals surface area (Å²) in [6, 6.07) is 11.3. The lowest BCUT2D eigenvalue weighted by molar-refractivity contribution is 0.286. The number of ether oxygens (including phenoxy) is 1. The molecule has 1 fully saturated rings. The first-order valence-electron chi connectivity index (χ1n) is 13.8. The van der Waals surface area contributed by atoms with Gasteiger partial charge >= 0.3 is 0 Å². The van der Waals surface area contributed by atoms with Crippen LogP contribution in [0.5, 0.6) is 5.75 Å². The Morgan fingerprint density at radius 3 is 2.14 bits per heavy atom. The van der Waals surface area contributed by atoms with Crippen molar-refractivity contribution in [2.24, 2.45) is 5.92 Å². The summed E-state index contributed by atoms with van der Waals surface area (Å²) in [5, 5.41) is 0. The van der Waals surface area contributed by atoms with Crippen LogP contribution in [0, 0.1) is 29.4 Å². The van der Waals surface area contributed by atoms with E-state index in [2.05, 4.69) is 37.8 Å². The molecule has 0 atom stereocenters. The van der Waals surface area contributed by atoms with E-state index in [9.17, 15) is 8.78 Å². The van der Waals surface area contributed by atoms with Crippen molar-refractivity contribution in [2.45, 2.75) is 103 Å². The third-order valence-electron chi connectivity index (χ3n) is 7.34. The average molecular weight is 481 g/mol. The van der Waals surface area contributed by atoms with Crippen LogP contribution in [-0.4, -0.2) is 6.61 Å². The average Bonchev–Trinajstić information content (AvgIpc) is 2.89. The molecule has 1 nitrogen and oxygen atoms in total. The topological polar surface area (TPSA) is 9.23 Å². The smallest absolute Gasteiger partial charge is 0.201 e. The van der Waals surface area contributed by atoms with Gasteiger partial charge in [0.1, 0.15) is 0 Å². The van der Waals surface area contributed by atoms with E-state index in [0.717, 1.165) is 30.7 Å². The number of benzene rings is 2. The zero-order valence-corrected chi connectivity index (χ0v) is 21.7. The maximum Gasteiger partial charge on any atom is 0.201 e. The highest BCUT2D eigenvalue weighted by atomic mass is 19.2. The van der Waals surface area contributed by atoms with Crippen LogP contribution in [0.4, 0.5) is 8.78 Å². The van der Waals surface area contributed by atoms with Crippen molar-refractivity contribution in [3.05, 3.63) is 64.7 Å². The van der Waals surface area contributed by atoms with Crippen LogP contribution in [0.25, 0.3) is 0 Å². The van der Waals surface area contributed by atoms with Gasteiger partial charge in [0, 0.05) is 5.56 Å². The molecule has 0 N–H and O–H groups in total. The molecule has 0 heterocycles. The molecule has 0 aliphatic heterocycles. The van der Waals surface area contributed by atoms with E-state index in [1.54, 1.807) is 0 Å². The second-order valence-electron chi connectivity index (χ2n) is 10.1. The molecule has 2 aromatic carbocycles. The van der Waals surface area contributed by atoms with E-state index in [-0.39, 0.29) is 11.3 Å². The highest BCUT2D eigenvalue weighted by molar-refractivity contribution is 5.46. The molecule has 35 heavy (non-hydrogen) atoms. The SMILES string of the molecule is CCCCCCC[C@H]1CC[C@H](c2ccc(C#Cc3ccc(OCCCCC)c(F)c3F)cc2)CC1. The van der Waals surface area contributed by atoms with Crippen LogP contribution in [0.2, 0.25) is 0 Å². The van der Waals surface area contributed by atoms with E-state index in [1.807, 2.05) is 12.1 Å². The summed E-state index contributed by atoms with van der Waals surface area (Å²) < 4.78 is 34.2. The molecule has 190 valence electrons. The molecule has 0 amide bonds. The fraction of sp³-hybridized carbons (Fsp3) is 0.562. The van der Waals surface area contributed by atoms with Crippen molar-refractivity contribution in [2.75, 3.05) is 6.61 Å². The molecule has 0 unspecified atom stereocenters. The quantitative estimate of drug-likeness (QED) is 0.217. The van der Waals surface area contributed by atoms with E-state index >= 15 is 0 Å². The van der Waals surface area contributed by atoms with Gasteiger partial charge in [-0.2, -0.15) is 4.39 Å². The fourth-order valence-corrected chi connectivity index (χ4v) is 5.07. The number of hydrogen-bond donors (Lipinski definition) is 0. The number of unbranched alkanes of at least 4 members (excludes halogenated alkanes) is 6. The minimum atomic E-state index is -0.958. The van der Waals surface area contributed by atoms with Crippen LogP contribution < -0.4 is 4.74 Å². The summed E-state index contributed by atoms with van der Waals surface area (Å²) >= 11 is 0. The number of halogens is 2. The molecule has 0 saturated heterocycles. The van der Waals surface area contributed by atoms with Crippen molar-refractivity contribution in [1.82, 2.24) is 0 Å². The first-order chi connectivity index (χ1) is 17.1. The van der Waals surface area contributed by atoms with Crippen molar-refractivity contribution in [3.8, 4) is 17.6 Å². The Kier molecular flexibility index (Phi) is 11.6. The molecule has 1 aliphatic rings. The lowest BCUT2D eigenvalue weighted by atomic mass is 9.77. The highest BCUT2D eigenvalue weighted by Gasteiger charge is 2.22. The Morgan fingerprint density at radius 1 is 0.743 bits per heavy atom. The van der Waals surface area contributed by atoms with Gasteiger partial charge in [-0.1, -0.05) is 89.2 Å². The van der Waals surface area contributed by atoms with Crippen molar-refractivity contribution in [3.63, 3.8) is 0 Å². The second-order valence-corrected chi connectivity index (χ2v) is 10.1. The number of hydrogen-bond acceptors (Lipinski definition) is 1. The van der Waals surface area contributed by atoms with E-state index < -0.39 is 11.6 Å². The number of rotatable bonds is 12. The first kappa shape index (κ1) is 27.3. The van der Waals surface area contributed by atoms with Crippen LogP contribution in [0.15, 0.2) is 36.4 Å². The third-order valence-corrected chi connectivity index (χ3v) is 7.34. The molecular formula is C32H42F2O. The van der Waals surface area contributed by atoms with E-state index in [1.165, 1.54) is 81.9 Å². The summed E-state index contributed by atoms with van der Waals surface area (Å²) in [4.78, 5) is 0. The monoisotopic (exact) mass is 480 g/mol. The van der Waals surface area contributed by atoms with Crippen molar-refractivity contribution < 1.29 is 13.5 Å². The standard InChI is InChI=1S/C32H42F2O/c1-3-5-7-8-9-11-25-12-17-27(18-13-25)28-19-14-26(15-20-28)16-21-29-22-23-30(32(34)31(29)33)35-24-10-6-4-2/h14-15,19-20,22-23,25,27H,3-13,17-18,24H2,1-2H3/t25-,27-. The molecule has 0 radical (unpaired) electrons. The Balaban J connectivity index is 1.50. The Hall–Kier alpha value is -2.34. The summed E-state index contributed by atoms with van der Waals surface area (Å²) in [6.07, 6.45) is 16.3. The van der Waals surface area contributed by atoms with Gasteiger partial charge in [0.25, 0.3) is 0 Å². The molecule has 3 rings (SSSR count). The van der Waals surface area contributed by atoms with E-state index in [0.29, 0.717) is 12.5 Å². The maximum atomic E-state index is 14.5. The van der Waals surface area contributed by atoms with Crippen LogP contribution >= 0.6 is 0 Å². The predicted octanol–water partition coefficient (Wildman–Crippen LogP) is 9.57. The Morgan fingerprint density at radius 2 is 1.43 bits per heavy atom. The molecule has 2 aromatic rings. The summed E-state index contributed by atoms with van der Waals surface area (Å²) in [5.74, 6) is 5.37. The summed E-state index contributed by atoms with van der Waals surface area (Å²) in [5.41, 5.74) is 2.24. The summed E-state index contributed by atoms with van der Waals surface area (Å²) in [7, 11) is 0. The van der Waals surface area contributed by atoms with Gasteiger partial charge in [-0.15, -0.1) is 0 Å². The maximum absolute atomic E-state index is 14.5. The first-order valence-corrected chi connectivity index (χ1v) is 13.8. The molecular weight excluding hydrogens is 438 g/mol. The van der Waals surface area contributed by atoms with Crippen LogP contribution in [0.3, 0.4) is 0 Å². The van der Waals surface area contributed by atoms with Crippen LogP contribution in [-0.2, 0) is 0 Å². The van der Waals surface area contributed by atoms with Gasteiger partial charge in [0.2, 0.25) is 5.82 Å². The molecule has 0 bridgehead atoms. The minimum absolute atomic E-state index is 0.0419. The molecule has 3 heteroatoms. The normalized spacial score (nSPS) is 17.6. The molecule has 1 aliphatic carbocycles. The fourth-order valence-electron chi connectivity index (χ4n) is 5.07. The second kappa shape index (κ2) is 14.9. The van der Waals surface area contributed by atoms with Gasteiger partial charge in [0.05, 0.1) is 12.2 Å². The largest absolute Gasteiger partial charge is 0.490 e. The predicted molar refractivity (Wildman–Crippen MR) is 142 cm³/mol. The lowest BCUT2D eigenvalue weighted by Crippen LogP contribution is -2.13. The Bertz CT molecular complexity index is 946. The van der Waals surface area contributed by atoms with Crippen LogP contribution in [0.1, 0.15) is 120 Å². The van der Waals surface area contributed by atoms with Gasteiger partial charge < -0.3 is 4.74 Å². The highest BCUT2D eigenvalue weighted by Crippen LogP contribution is 2.37. The minimum Gasteiger partial charge on any atom is -0.490 e. The lowest BCUT2D eigenvalue weighted by Gasteiger charge is -2.29. The van der Waals surface area contributed by atoms with Gasteiger partial charge in [-0.05, 0) is 73.8 Å². The molecule has 0 spiro atoms. The zero-order chi connectivity index (χ0) is 24.9. The Labute approximate surface area is 211 Å². The van der Waals surface area contributed by atoms with Crippen molar-refractivity contribution in [1.29, 1.82) is 0 Å². The van der Waals surface area contributed by atoms with Crippen molar-refractivity contribution >= 4 is 0 Å².